The molecule has 184 valence electrons. The van der Waals surface area contributed by atoms with Crippen molar-refractivity contribution in [3.63, 3.8) is 0 Å². The summed E-state index contributed by atoms with van der Waals surface area (Å²) in [5.74, 6) is -1.38. The minimum Gasteiger partial charge on any atom is -0.478 e. The van der Waals surface area contributed by atoms with E-state index in [-0.39, 0.29) is 0 Å². The Kier molecular flexibility index (Phi) is 9.16. The molecule has 2 aromatic heterocycles. The standard InChI is InChI=1S/C19H19ClN4O3.C4H4O4/c20-15-4-2-14(3-5-15)17-16(26-19(25)27-17)6-9-23-10-12-24(13-11-23)18-21-7-1-8-22-18;5-3(6)1-2-4(7)8/h1-5,7-8H,6,9-13H2;1-2H,(H,5,6)(H,7,8)/b;2-1-. The first kappa shape index (κ1) is 25.7. The molecule has 3 aromatic rings. The van der Waals surface area contributed by atoms with Crippen LogP contribution in [0, 0.1) is 0 Å². The Hall–Kier alpha value is -3.96. The molecule has 1 aliphatic heterocycles. The Labute approximate surface area is 204 Å². The van der Waals surface area contributed by atoms with Gasteiger partial charge in [0.15, 0.2) is 11.5 Å². The topological polar surface area (TPSA) is 150 Å². The summed E-state index contributed by atoms with van der Waals surface area (Å²) in [5.41, 5.74) is 0.784. The zero-order valence-corrected chi connectivity index (χ0v) is 19.3. The number of carboxylic acids is 2. The third kappa shape index (κ3) is 8.09. The van der Waals surface area contributed by atoms with Crippen LogP contribution >= 0.6 is 11.6 Å². The molecule has 2 N–H and O–H groups in total. The fraction of sp³-hybridized carbons (Fsp3) is 0.261. The number of rotatable bonds is 7. The first-order valence-corrected chi connectivity index (χ1v) is 11.0. The molecule has 0 atom stereocenters. The number of aliphatic carboxylic acids is 2. The van der Waals surface area contributed by atoms with Crippen molar-refractivity contribution in [2.45, 2.75) is 6.42 Å². The quantitative estimate of drug-likeness (QED) is 0.458. The van der Waals surface area contributed by atoms with E-state index in [9.17, 15) is 14.4 Å². The summed E-state index contributed by atoms with van der Waals surface area (Å²) < 4.78 is 10.5. The van der Waals surface area contributed by atoms with Gasteiger partial charge in [-0.1, -0.05) is 11.6 Å². The van der Waals surface area contributed by atoms with Crippen molar-refractivity contribution in [2.75, 3.05) is 37.6 Å². The highest BCUT2D eigenvalue weighted by atomic mass is 35.5. The van der Waals surface area contributed by atoms with Crippen molar-refractivity contribution in [3.8, 4) is 11.3 Å². The Morgan fingerprint density at radius 3 is 2.14 bits per heavy atom. The molecule has 1 aromatic carbocycles. The van der Waals surface area contributed by atoms with E-state index in [0.29, 0.717) is 35.1 Å². The number of anilines is 1. The van der Waals surface area contributed by atoms with Crippen LogP contribution in [0.5, 0.6) is 0 Å². The molecule has 0 unspecified atom stereocenters. The molecular weight excluding hydrogens is 480 g/mol. The highest BCUT2D eigenvalue weighted by molar-refractivity contribution is 6.30. The van der Waals surface area contributed by atoms with E-state index in [4.69, 9.17) is 30.6 Å². The van der Waals surface area contributed by atoms with Gasteiger partial charge in [0.1, 0.15) is 0 Å². The third-order valence-electron chi connectivity index (χ3n) is 4.98. The number of carbonyl (C=O) groups is 2. The zero-order valence-electron chi connectivity index (χ0n) is 18.5. The molecule has 0 aliphatic carbocycles. The lowest BCUT2D eigenvalue weighted by atomic mass is 10.1. The predicted octanol–water partition coefficient (Wildman–Crippen LogP) is 2.42. The molecule has 0 bridgehead atoms. The van der Waals surface area contributed by atoms with Crippen LogP contribution < -0.4 is 10.7 Å². The molecule has 35 heavy (non-hydrogen) atoms. The molecule has 3 heterocycles. The number of halogens is 1. The Bertz CT molecular complexity index is 1180. The fourth-order valence-corrected chi connectivity index (χ4v) is 3.45. The van der Waals surface area contributed by atoms with Crippen LogP contribution in [0.2, 0.25) is 5.02 Å². The lowest BCUT2D eigenvalue weighted by Gasteiger charge is -2.34. The SMILES string of the molecule is O=C(O)/C=C\C(=O)O.O=c1oc(CCN2CCN(c3ncccn3)CC2)c(-c2ccc(Cl)cc2)o1. The first-order chi connectivity index (χ1) is 16.8. The van der Waals surface area contributed by atoms with Gasteiger partial charge in [-0.2, -0.15) is 0 Å². The summed E-state index contributed by atoms with van der Waals surface area (Å²) in [7, 11) is 0. The van der Waals surface area contributed by atoms with Gasteiger partial charge in [0, 0.05) is 74.3 Å². The molecule has 0 radical (unpaired) electrons. The second kappa shape index (κ2) is 12.5. The van der Waals surface area contributed by atoms with Crippen molar-refractivity contribution in [1.82, 2.24) is 14.9 Å². The molecule has 1 fully saturated rings. The monoisotopic (exact) mass is 502 g/mol. The molecule has 1 aliphatic rings. The lowest BCUT2D eigenvalue weighted by molar-refractivity contribution is -0.134. The number of hydrogen-bond acceptors (Lipinski definition) is 9. The van der Waals surface area contributed by atoms with Crippen molar-refractivity contribution >= 4 is 29.5 Å². The number of nitrogens with zero attached hydrogens (tertiary/aromatic N) is 4. The second-order valence-electron chi connectivity index (χ2n) is 7.35. The van der Waals surface area contributed by atoms with Crippen LogP contribution in [0.1, 0.15) is 5.76 Å². The minimum atomic E-state index is -1.26. The predicted molar refractivity (Wildman–Crippen MR) is 126 cm³/mol. The van der Waals surface area contributed by atoms with Crippen LogP contribution in [-0.4, -0.2) is 69.7 Å². The average molecular weight is 503 g/mol. The number of benzene rings is 1. The van der Waals surface area contributed by atoms with Crippen molar-refractivity contribution in [3.05, 3.63) is 76.3 Å². The van der Waals surface area contributed by atoms with Gasteiger partial charge in [-0.3, -0.25) is 4.90 Å². The van der Waals surface area contributed by atoms with E-state index in [1.165, 1.54) is 0 Å². The molecule has 12 heteroatoms. The molecule has 4 rings (SSSR count). The van der Waals surface area contributed by atoms with Crippen molar-refractivity contribution in [2.24, 2.45) is 0 Å². The third-order valence-corrected chi connectivity index (χ3v) is 5.23. The van der Waals surface area contributed by atoms with Gasteiger partial charge >= 0.3 is 17.8 Å². The van der Waals surface area contributed by atoms with E-state index in [1.54, 1.807) is 24.5 Å². The first-order valence-electron chi connectivity index (χ1n) is 10.6. The van der Waals surface area contributed by atoms with Gasteiger partial charge < -0.3 is 23.9 Å². The number of piperazine rings is 1. The molecule has 1 saturated heterocycles. The summed E-state index contributed by atoms with van der Waals surface area (Å²) >= 11 is 5.93. The summed E-state index contributed by atoms with van der Waals surface area (Å²) in [5, 5.41) is 16.3. The van der Waals surface area contributed by atoms with Gasteiger partial charge in [0.05, 0.1) is 0 Å². The Balaban J connectivity index is 0.000000371. The van der Waals surface area contributed by atoms with Crippen molar-refractivity contribution in [1.29, 1.82) is 0 Å². The van der Waals surface area contributed by atoms with Crippen LogP contribution in [-0.2, 0) is 16.0 Å². The molecule has 11 nitrogen and oxygen atoms in total. The fourth-order valence-electron chi connectivity index (χ4n) is 3.32. The molecular formula is C23H23ClN4O7. The summed E-state index contributed by atoms with van der Waals surface area (Å²) in [6.45, 7) is 4.31. The van der Waals surface area contributed by atoms with E-state index >= 15 is 0 Å². The Morgan fingerprint density at radius 1 is 0.971 bits per heavy atom. The van der Waals surface area contributed by atoms with Gasteiger partial charge in [0.2, 0.25) is 5.95 Å². The minimum absolute atomic E-state index is 0.480. The zero-order chi connectivity index (χ0) is 25.2. The maximum absolute atomic E-state index is 11.6. The van der Waals surface area contributed by atoms with E-state index in [2.05, 4.69) is 19.8 Å². The van der Waals surface area contributed by atoms with Gasteiger partial charge in [-0.25, -0.2) is 24.4 Å². The lowest BCUT2D eigenvalue weighted by Crippen LogP contribution is -2.47. The number of hydrogen-bond donors (Lipinski definition) is 2. The molecule has 0 spiro atoms. The summed E-state index contributed by atoms with van der Waals surface area (Å²) in [6, 6.07) is 8.98. The van der Waals surface area contributed by atoms with E-state index < -0.39 is 17.8 Å². The van der Waals surface area contributed by atoms with Crippen LogP contribution in [0.3, 0.4) is 0 Å². The Morgan fingerprint density at radius 2 is 1.57 bits per heavy atom. The van der Waals surface area contributed by atoms with E-state index in [1.807, 2.05) is 18.2 Å². The average Bonchev–Trinajstić information content (AvgIpc) is 3.23. The van der Waals surface area contributed by atoms with Crippen LogP contribution in [0.15, 0.2) is 68.5 Å². The summed E-state index contributed by atoms with van der Waals surface area (Å²) in [4.78, 5) is 43.8. The highest BCUT2D eigenvalue weighted by Crippen LogP contribution is 2.25. The van der Waals surface area contributed by atoms with Gasteiger partial charge in [-0.05, 0) is 30.3 Å². The number of carboxylic acid groups (broad SMARTS) is 2. The maximum atomic E-state index is 11.6. The number of aromatic nitrogens is 2. The van der Waals surface area contributed by atoms with E-state index in [0.717, 1.165) is 44.2 Å². The van der Waals surface area contributed by atoms with Gasteiger partial charge in [-0.15, -0.1) is 0 Å². The second-order valence-corrected chi connectivity index (χ2v) is 7.79. The summed E-state index contributed by atoms with van der Waals surface area (Å²) in [6.07, 6.45) is 5.23. The molecule has 0 amide bonds. The highest BCUT2D eigenvalue weighted by Gasteiger charge is 2.21. The van der Waals surface area contributed by atoms with Crippen molar-refractivity contribution < 1.29 is 28.6 Å². The molecule has 0 saturated carbocycles. The smallest absolute Gasteiger partial charge is 0.478 e. The van der Waals surface area contributed by atoms with Crippen LogP contribution in [0.4, 0.5) is 5.95 Å². The normalized spacial score (nSPS) is 13.9. The maximum Gasteiger partial charge on any atom is 0.519 e. The van der Waals surface area contributed by atoms with Gasteiger partial charge in [0.25, 0.3) is 0 Å². The largest absolute Gasteiger partial charge is 0.519 e. The van der Waals surface area contributed by atoms with Crippen LogP contribution in [0.25, 0.3) is 11.3 Å².